The molecule has 0 aliphatic carbocycles. The van der Waals surface area contributed by atoms with Gasteiger partial charge in [0.25, 0.3) is 0 Å². The van der Waals surface area contributed by atoms with Crippen LogP contribution in [0.2, 0.25) is 5.02 Å². The Morgan fingerprint density at radius 1 is 1.44 bits per heavy atom. The zero-order valence-corrected chi connectivity index (χ0v) is 10.8. The topological polar surface area (TPSA) is 38.0 Å². The second-order valence-electron chi connectivity index (χ2n) is 4.10. The normalized spacial score (nSPS) is 20.7. The van der Waals surface area contributed by atoms with Gasteiger partial charge < -0.3 is 11.1 Å². The molecule has 2 rings (SSSR count). The Balaban J connectivity index is 1.88. The van der Waals surface area contributed by atoms with E-state index in [1.807, 2.05) is 12.1 Å². The van der Waals surface area contributed by atoms with E-state index in [0.29, 0.717) is 5.02 Å². The number of halogens is 1. The minimum atomic E-state index is 0.690. The van der Waals surface area contributed by atoms with Crippen molar-refractivity contribution < 1.29 is 0 Å². The van der Waals surface area contributed by atoms with Crippen LogP contribution >= 0.6 is 23.4 Å². The summed E-state index contributed by atoms with van der Waals surface area (Å²) in [6.07, 6.45) is 4.03. The van der Waals surface area contributed by atoms with Crippen LogP contribution in [0.25, 0.3) is 0 Å². The highest BCUT2D eigenvalue weighted by Crippen LogP contribution is 2.27. The number of nitrogens with one attached hydrogen (secondary N) is 1. The standard InChI is InChI=1S/C12H17ClN2S/c13-9-4-5-12(11(14)7-9)15-8-10-3-1-2-6-16-10/h4-5,7,10,15H,1-3,6,8,14H2. The van der Waals surface area contributed by atoms with Crippen LogP contribution in [-0.4, -0.2) is 17.5 Å². The maximum atomic E-state index is 5.88. The number of anilines is 2. The molecule has 0 bridgehead atoms. The summed E-state index contributed by atoms with van der Waals surface area (Å²) in [5, 5.41) is 4.82. The van der Waals surface area contributed by atoms with Gasteiger partial charge in [0.1, 0.15) is 0 Å². The average molecular weight is 257 g/mol. The Labute approximate surface area is 106 Å². The lowest BCUT2D eigenvalue weighted by Crippen LogP contribution is -2.20. The number of hydrogen-bond donors (Lipinski definition) is 2. The summed E-state index contributed by atoms with van der Waals surface area (Å²) >= 11 is 7.92. The van der Waals surface area contributed by atoms with Gasteiger partial charge in [-0.2, -0.15) is 11.8 Å². The number of benzene rings is 1. The smallest absolute Gasteiger partial charge is 0.0575 e. The lowest BCUT2D eigenvalue weighted by atomic mass is 10.2. The monoisotopic (exact) mass is 256 g/mol. The van der Waals surface area contributed by atoms with Crippen LogP contribution in [0, 0.1) is 0 Å². The summed E-state index contributed by atoms with van der Waals surface area (Å²) in [6, 6.07) is 5.61. The van der Waals surface area contributed by atoms with Crippen molar-refractivity contribution in [1.29, 1.82) is 0 Å². The van der Waals surface area contributed by atoms with Crippen LogP contribution in [0.5, 0.6) is 0 Å². The van der Waals surface area contributed by atoms with Gasteiger partial charge in [0.15, 0.2) is 0 Å². The fraction of sp³-hybridized carbons (Fsp3) is 0.500. The van der Waals surface area contributed by atoms with Gasteiger partial charge in [0.2, 0.25) is 0 Å². The molecule has 0 radical (unpaired) electrons. The Kier molecular flexibility index (Phi) is 4.24. The minimum Gasteiger partial charge on any atom is -0.397 e. The molecule has 4 heteroatoms. The summed E-state index contributed by atoms with van der Waals surface area (Å²) in [5.74, 6) is 1.29. The van der Waals surface area contributed by atoms with E-state index >= 15 is 0 Å². The Morgan fingerprint density at radius 3 is 3.00 bits per heavy atom. The summed E-state index contributed by atoms with van der Waals surface area (Å²) in [4.78, 5) is 0. The quantitative estimate of drug-likeness (QED) is 0.812. The van der Waals surface area contributed by atoms with Gasteiger partial charge in [0.05, 0.1) is 11.4 Å². The van der Waals surface area contributed by atoms with E-state index in [0.717, 1.165) is 23.2 Å². The molecule has 1 saturated heterocycles. The van der Waals surface area contributed by atoms with Gasteiger partial charge in [-0.15, -0.1) is 0 Å². The van der Waals surface area contributed by atoms with Crippen LogP contribution in [0.1, 0.15) is 19.3 Å². The molecule has 1 aromatic rings. The summed E-state index contributed by atoms with van der Waals surface area (Å²) in [6.45, 7) is 0.997. The fourth-order valence-corrected chi connectivity index (χ4v) is 3.31. The van der Waals surface area contributed by atoms with Crippen LogP contribution in [0.3, 0.4) is 0 Å². The van der Waals surface area contributed by atoms with Crippen molar-refractivity contribution in [3.63, 3.8) is 0 Å². The van der Waals surface area contributed by atoms with Crippen molar-refractivity contribution in [3.05, 3.63) is 23.2 Å². The first-order chi connectivity index (χ1) is 7.75. The Morgan fingerprint density at radius 2 is 2.31 bits per heavy atom. The molecular weight excluding hydrogens is 240 g/mol. The van der Waals surface area contributed by atoms with Crippen LogP contribution in [-0.2, 0) is 0 Å². The second kappa shape index (κ2) is 5.69. The van der Waals surface area contributed by atoms with Gasteiger partial charge in [-0.05, 0) is 36.8 Å². The molecule has 16 heavy (non-hydrogen) atoms. The van der Waals surface area contributed by atoms with Crippen LogP contribution in [0.4, 0.5) is 11.4 Å². The van der Waals surface area contributed by atoms with E-state index in [2.05, 4.69) is 17.1 Å². The van der Waals surface area contributed by atoms with Gasteiger partial charge in [-0.1, -0.05) is 18.0 Å². The third kappa shape index (κ3) is 3.22. The van der Waals surface area contributed by atoms with Gasteiger partial charge in [-0.25, -0.2) is 0 Å². The first kappa shape index (κ1) is 11.9. The van der Waals surface area contributed by atoms with Gasteiger partial charge >= 0.3 is 0 Å². The molecule has 2 nitrogen and oxygen atoms in total. The minimum absolute atomic E-state index is 0.690. The molecule has 0 aromatic heterocycles. The average Bonchev–Trinajstić information content (AvgIpc) is 2.29. The lowest BCUT2D eigenvalue weighted by Gasteiger charge is -2.22. The first-order valence-corrected chi connectivity index (χ1v) is 7.09. The summed E-state index contributed by atoms with van der Waals surface area (Å²) < 4.78 is 0. The second-order valence-corrected chi connectivity index (χ2v) is 5.95. The Bertz CT molecular complexity index is 351. The number of thioether (sulfide) groups is 1. The summed E-state index contributed by atoms with van der Waals surface area (Å²) in [7, 11) is 0. The third-order valence-corrected chi connectivity index (χ3v) is 4.44. The SMILES string of the molecule is Nc1cc(Cl)ccc1NCC1CCCCS1. The van der Waals surface area contributed by atoms with Crippen LogP contribution < -0.4 is 11.1 Å². The molecule has 1 aromatic carbocycles. The van der Waals surface area contributed by atoms with Crippen molar-refractivity contribution in [2.45, 2.75) is 24.5 Å². The van der Waals surface area contributed by atoms with Gasteiger partial charge in [-0.3, -0.25) is 0 Å². The molecular formula is C12H17ClN2S. The van der Waals surface area contributed by atoms with Crippen molar-refractivity contribution in [2.75, 3.05) is 23.3 Å². The zero-order chi connectivity index (χ0) is 11.4. The third-order valence-electron chi connectivity index (χ3n) is 2.81. The summed E-state index contributed by atoms with van der Waals surface area (Å²) in [5.41, 5.74) is 7.61. The molecule has 1 atom stereocenters. The molecule has 0 spiro atoms. The molecule has 1 fully saturated rings. The van der Waals surface area contributed by atoms with E-state index in [9.17, 15) is 0 Å². The van der Waals surface area contributed by atoms with E-state index in [1.165, 1.54) is 25.0 Å². The zero-order valence-electron chi connectivity index (χ0n) is 9.21. The number of hydrogen-bond acceptors (Lipinski definition) is 3. The molecule has 1 heterocycles. The highest BCUT2D eigenvalue weighted by Gasteiger charge is 2.13. The largest absolute Gasteiger partial charge is 0.397 e. The highest BCUT2D eigenvalue weighted by molar-refractivity contribution is 7.99. The highest BCUT2D eigenvalue weighted by atomic mass is 35.5. The van der Waals surface area contributed by atoms with Crippen molar-refractivity contribution >= 4 is 34.7 Å². The molecule has 0 saturated carbocycles. The molecule has 88 valence electrons. The molecule has 1 aliphatic heterocycles. The van der Waals surface area contributed by atoms with E-state index in [1.54, 1.807) is 6.07 Å². The molecule has 0 amide bonds. The predicted octanol–water partition coefficient (Wildman–Crippen LogP) is 3.62. The van der Waals surface area contributed by atoms with Crippen LogP contribution in [0.15, 0.2) is 18.2 Å². The van der Waals surface area contributed by atoms with Crippen molar-refractivity contribution in [2.24, 2.45) is 0 Å². The maximum Gasteiger partial charge on any atom is 0.0575 e. The first-order valence-electron chi connectivity index (χ1n) is 5.66. The van der Waals surface area contributed by atoms with E-state index in [4.69, 9.17) is 17.3 Å². The number of nitrogen functional groups attached to an aromatic ring is 1. The lowest BCUT2D eigenvalue weighted by molar-refractivity contribution is 0.677. The van der Waals surface area contributed by atoms with E-state index in [-0.39, 0.29) is 0 Å². The Hall–Kier alpha value is -0.540. The van der Waals surface area contributed by atoms with Crippen molar-refractivity contribution in [3.8, 4) is 0 Å². The molecule has 3 N–H and O–H groups in total. The molecule has 1 aliphatic rings. The fourth-order valence-electron chi connectivity index (χ4n) is 1.89. The predicted molar refractivity (Wildman–Crippen MR) is 74.5 cm³/mol. The molecule has 1 unspecified atom stereocenters. The van der Waals surface area contributed by atoms with Crippen molar-refractivity contribution in [1.82, 2.24) is 0 Å². The number of nitrogens with two attached hydrogens (primary N) is 1. The van der Waals surface area contributed by atoms with E-state index < -0.39 is 0 Å². The van der Waals surface area contributed by atoms with Gasteiger partial charge in [0, 0.05) is 16.8 Å². The number of rotatable bonds is 3. The maximum absolute atomic E-state index is 5.88.